The summed E-state index contributed by atoms with van der Waals surface area (Å²) in [6.45, 7) is 1.15. The van der Waals surface area contributed by atoms with Crippen molar-refractivity contribution < 1.29 is 18.3 Å². The predicted molar refractivity (Wildman–Crippen MR) is 32.6 cm³/mol. The molecule has 1 unspecified atom stereocenters. The van der Waals surface area contributed by atoms with Gasteiger partial charge < -0.3 is 9.64 Å². The van der Waals surface area contributed by atoms with Gasteiger partial charge in [-0.05, 0) is 7.05 Å². The van der Waals surface area contributed by atoms with E-state index in [4.69, 9.17) is 0 Å². The van der Waals surface area contributed by atoms with Crippen molar-refractivity contribution >= 4 is 5.91 Å². The van der Waals surface area contributed by atoms with E-state index in [1.165, 1.54) is 7.05 Å². The maximum absolute atomic E-state index is 11.7. The van der Waals surface area contributed by atoms with Crippen LogP contribution in [0.25, 0.3) is 0 Å². The van der Waals surface area contributed by atoms with E-state index in [0.717, 1.165) is 11.6 Å². The molecule has 0 aromatic carbocycles. The minimum absolute atomic E-state index is 0.412. The molecule has 0 aromatic rings. The Morgan fingerprint density at radius 3 is 2.82 bits per heavy atom. The molecule has 1 atom stereocenters. The number of hydrogen-bond acceptors (Lipinski definition) is 2. The molecule has 1 heterocycles. The summed E-state index contributed by atoms with van der Waals surface area (Å²) in [6.07, 6.45) is -4.01. The normalized spacial score (nSPS) is 25.3. The summed E-state index contributed by atoms with van der Waals surface area (Å²) >= 11 is 0. The average Bonchev–Trinajstić information content (AvgIpc) is 2.18. The Morgan fingerprint density at radius 2 is 2.45 bits per heavy atom. The third kappa shape index (κ3) is 1.86. The van der Waals surface area contributed by atoms with Gasteiger partial charge in [-0.1, -0.05) is 0 Å². The second-order valence-corrected chi connectivity index (χ2v) is 2.31. The second kappa shape index (κ2) is 3.13. The van der Waals surface area contributed by atoms with Crippen LogP contribution in [-0.2, 0) is 9.53 Å². The Kier molecular flexibility index (Phi) is 2.38. The van der Waals surface area contributed by atoms with Crippen LogP contribution >= 0.6 is 0 Å². The molecule has 0 spiro atoms. The lowest BCUT2D eigenvalue weighted by Gasteiger charge is -2.14. The summed E-state index contributed by atoms with van der Waals surface area (Å²) in [5.41, 5.74) is 0. The standard InChI is InChI=1S/C6H8F2NO2/c1-9-3-11-4(6(9)10)2-5(7)8/h3-5H,2H2,1H3/q-1. The lowest BCUT2D eigenvalue weighted by Crippen LogP contribution is -2.26. The van der Waals surface area contributed by atoms with Crippen LogP contribution in [0.4, 0.5) is 8.78 Å². The van der Waals surface area contributed by atoms with Gasteiger partial charge in [-0.2, -0.15) is 0 Å². The van der Waals surface area contributed by atoms with Crippen molar-refractivity contribution in [3.8, 4) is 0 Å². The van der Waals surface area contributed by atoms with Crippen molar-refractivity contribution in [2.24, 2.45) is 0 Å². The molecule has 0 aliphatic carbocycles. The number of ether oxygens (including phenoxy) is 1. The van der Waals surface area contributed by atoms with E-state index in [0.29, 0.717) is 0 Å². The number of likely N-dealkylation sites (N-methyl/N-ethyl adjacent to an activating group) is 1. The third-order valence-corrected chi connectivity index (χ3v) is 1.40. The zero-order chi connectivity index (χ0) is 8.43. The number of amides is 1. The molecule has 0 aromatic heterocycles. The van der Waals surface area contributed by atoms with Gasteiger partial charge >= 0.3 is 0 Å². The van der Waals surface area contributed by atoms with Gasteiger partial charge in [0, 0.05) is 6.42 Å². The van der Waals surface area contributed by atoms with E-state index in [2.05, 4.69) is 4.74 Å². The largest absolute Gasteiger partial charge is 0.522 e. The zero-order valence-corrected chi connectivity index (χ0v) is 5.96. The van der Waals surface area contributed by atoms with E-state index in [-0.39, 0.29) is 0 Å². The molecule has 1 aliphatic heterocycles. The Hall–Kier alpha value is -0.710. The summed E-state index contributed by atoms with van der Waals surface area (Å²) in [5.74, 6) is -0.412. The first-order valence-corrected chi connectivity index (χ1v) is 3.15. The van der Waals surface area contributed by atoms with Crippen LogP contribution in [0.15, 0.2) is 0 Å². The summed E-state index contributed by atoms with van der Waals surface area (Å²) in [7, 11) is 1.47. The van der Waals surface area contributed by atoms with E-state index >= 15 is 0 Å². The molecule has 64 valence electrons. The summed E-state index contributed by atoms with van der Waals surface area (Å²) in [4.78, 5) is 12.0. The van der Waals surface area contributed by atoms with Crippen LogP contribution in [-0.4, -0.2) is 30.4 Å². The van der Waals surface area contributed by atoms with Crippen LogP contribution < -0.4 is 0 Å². The molecule has 3 nitrogen and oxygen atoms in total. The minimum Gasteiger partial charge on any atom is -0.522 e. The Labute approximate surface area is 62.9 Å². The quantitative estimate of drug-likeness (QED) is 0.560. The van der Waals surface area contributed by atoms with Crippen LogP contribution in [0.2, 0.25) is 0 Å². The van der Waals surface area contributed by atoms with Crippen molar-refractivity contribution in [2.75, 3.05) is 7.05 Å². The first kappa shape index (κ1) is 8.39. The van der Waals surface area contributed by atoms with Crippen molar-refractivity contribution in [1.29, 1.82) is 0 Å². The van der Waals surface area contributed by atoms with E-state index < -0.39 is 24.9 Å². The molecule has 0 radical (unpaired) electrons. The maximum atomic E-state index is 11.7. The lowest BCUT2D eigenvalue weighted by molar-refractivity contribution is -0.130. The number of alkyl halides is 2. The first-order valence-electron chi connectivity index (χ1n) is 3.15. The summed E-state index contributed by atoms with van der Waals surface area (Å²) in [5, 5.41) is 0. The highest BCUT2D eigenvalue weighted by molar-refractivity contribution is 5.82. The van der Waals surface area contributed by atoms with Crippen LogP contribution in [0.3, 0.4) is 0 Å². The Balaban J connectivity index is 2.42. The number of carbonyl (C=O) groups excluding carboxylic acids is 1. The molecule has 0 saturated carbocycles. The minimum atomic E-state index is -2.50. The van der Waals surface area contributed by atoms with E-state index in [9.17, 15) is 13.6 Å². The number of carbonyl (C=O) groups is 1. The molecular weight excluding hydrogens is 156 g/mol. The lowest BCUT2D eigenvalue weighted by atomic mass is 10.2. The maximum Gasteiger partial charge on any atom is 0.241 e. The van der Waals surface area contributed by atoms with Gasteiger partial charge in [-0.15, -0.1) is 6.73 Å². The smallest absolute Gasteiger partial charge is 0.241 e. The molecule has 1 rings (SSSR count). The Morgan fingerprint density at radius 1 is 1.82 bits per heavy atom. The number of hydrogen-bond donors (Lipinski definition) is 0. The molecular formula is C6H8F2NO2-. The Bertz CT molecular complexity index is 163. The molecule has 1 amide bonds. The fourth-order valence-electron chi connectivity index (χ4n) is 0.820. The van der Waals surface area contributed by atoms with Crippen LogP contribution in [0.5, 0.6) is 0 Å². The van der Waals surface area contributed by atoms with Crippen molar-refractivity contribution in [1.82, 2.24) is 4.90 Å². The first-order chi connectivity index (χ1) is 5.11. The van der Waals surface area contributed by atoms with Gasteiger partial charge in [0.05, 0.1) is 0 Å². The van der Waals surface area contributed by atoms with E-state index in [1.54, 1.807) is 0 Å². The molecule has 1 fully saturated rings. The number of rotatable bonds is 2. The average molecular weight is 164 g/mol. The van der Waals surface area contributed by atoms with Gasteiger partial charge in [0.15, 0.2) is 0 Å². The van der Waals surface area contributed by atoms with Gasteiger partial charge in [0.1, 0.15) is 6.10 Å². The van der Waals surface area contributed by atoms with Gasteiger partial charge in [0.2, 0.25) is 12.3 Å². The number of halogens is 2. The van der Waals surface area contributed by atoms with Crippen molar-refractivity contribution in [3.05, 3.63) is 6.73 Å². The zero-order valence-electron chi connectivity index (χ0n) is 5.96. The molecule has 1 saturated heterocycles. The van der Waals surface area contributed by atoms with Gasteiger partial charge in [-0.25, -0.2) is 8.78 Å². The van der Waals surface area contributed by atoms with Gasteiger partial charge in [0.25, 0.3) is 0 Å². The molecule has 0 N–H and O–H groups in total. The predicted octanol–water partition coefficient (Wildman–Crippen LogP) is 0.618. The molecule has 5 heteroatoms. The van der Waals surface area contributed by atoms with E-state index in [1.807, 2.05) is 0 Å². The molecule has 11 heavy (non-hydrogen) atoms. The van der Waals surface area contributed by atoms with Crippen molar-refractivity contribution in [2.45, 2.75) is 19.0 Å². The highest BCUT2D eigenvalue weighted by atomic mass is 19.3. The number of nitrogens with zero attached hydrogens (tertiary/aromatic N) is 1. The van der Waals surface area contributed by atoms with Crippen LogP contribution in [0, 0.1) is 6.73 Å². The molecule has 0 bridgehead atoms. The van der Waals surface area contributed by atoms with Gasteiger partial charge in [-0.3, -0.25) is 4.79 Å². The highest BCUT2D eigenvalue weighted by Crippen LogP contribution is 2.17. The topological polar surface area (TPSA) is 29.5 Å². The molecule has 1 aliphatic rings. The highest BCUT2D eigenvalue weighted by Gasteiger charge is 2.25. The third-order valence-electron chi connectivity index (χ3n) is 1.40. The second-order valence-electron chi connectivity index (χ2n) is 2.31. The fraction of sp³-hybridized carbons (Fsp3) is 0.667. The fourth-order valence-corrected chi connectivity index (χ4v) is 0.820. The van der Waals surface area contributed by atoms with Crippen LogP contribution in [0.1, 0.15) is 6.42 Å². The summed E-state index contributed by atoms with van der Waals surface area (Å²) < 4.78 is 28.1. The SMILES string of the molecule is CN1[CH-]OC(CC(F)F)C1=O. The monoisotopic (exact) mass is 164 g/mol. The summed E-state index contributed by atoms with van der Waals surface area (Å²) in [6, 6.07) is 0. The van der Waals surface area contributed by atoms with Crippen molar-refractivity contribution in [3.63, 3.8) is 0 Å².